The number of hydrogen-bond donors (Lipinski definition) is 0. The van der Waals surface area contributed by atoms with E-state index in [2.05, 4.69) is 49.3 Å². The Balaban J connectivity index is 2.15. The maximum Gasteiger partial charge on any atom is 0.119 e. The minimum absolute atomic E-state index is 0.428. The van der Waals surface area contributed by atoms with Gasteiger partial charge in [0.05, 0.1) is 12.3 Å². The Morgan fingerprint density at radius 1 is 1.24 bits per heavy atom. The fourth-order valence-electron chi connectivity index (χ4n) is 2.64. The van der Waals surface area contributed by atoms with Crippen molar-refractivity contribution in [2.75, 3.05) is 6.61 Å². The summed E-state index contributed by atoms with van der Waals surface area (Å²) in [6.07, 6.45) is 3.97. The van der Waals surface area contributed by atoms with Gasteiger partial charge in [-0.2, -0.15) is 0 Å². The van der Waals surface area contributed by atoms with E-state index >= 15 is 0 Å². The number of rotatable bonds is 7. The number of benzene rings is 1. The smallest absolute Gasteiger partial charge is 0.119 e. The lowest BCUT2D eigenvalue weighted by atomic mass is 9.91. The van der Waals surface area contributed by atoms with E-state index in [0.717, 1.165) is 30.8 Å². The van der Waals surface area contributed by atoms with Crippen LogP contribution in [0.1, 0.15) is 50.4 Å². The molecule has 4 nitrogen and oxygen atoms in total. The second-order valence-corrected chi connectivity index (χ2v) is 5.32. The monoisotopic (exact) mass is 287 g/mol. The van der Waals surface area contributed by atoms with Gasteiger partial charge in [0.2, 0.25) is 0 Å². The van der Waals surface area contributed by atoms with Gasteiger partial charge in [0, 0.05) is 12.7 Å². The zero-order chi connectivity index (χ0) is 15.2. The Labute approximate surface area is 127 Å². The van der Waals surface area contributed by atoms with Crippen LogP contribution in [0.5, 0.6) is 5.75 Å². The van der Waals surface area contributed by atoms with Gasteiger partial charge in [-0.3, -0.25) is 4.68 Å². The highest BCUT2D eigenvalue weighted by atomic mass is 16.5. The maximum atomic E-state index is 5.59. The van der Waals surface area contributed by atoms with Crippen LogP contribution in [-0.4, -0.2) is 21.6 Å². The summed E-state index contributed by atoms with van der Waals surface area (Å²) >= 11 is 0. The molecule has 0 saturated heterocycles. The normalized spacial score (nSPS) is 12.4. The van der Waals surface area contributed by atoms with Gasteiger partial charge in [-0.05, 0) is 55.9 Å². The van der Waals surface area contributed by atoms with Crippen molar-refractivity contribution in [2.24, 2.45) is 0 Å². The molecule has 0 amide bonds. The standard InChI is InChI=1S/C17H25N3O/c1-5-14-11-16(21-7-3)8-9-17(14)13(4)10-15-12-20(6-2)19-18-15/h8-9,11-13H,5-7,10H2,1-4H3. The molecule has 0 bridgehead atoms. The van der Waals surface area contributed by atoms with E-state index in [4.69, 9.17) is 4.74 Å². The fraction of sp³-hybridized carbons (Fsp3) is 0.529. The SMILES string of the molecule is CCOc1ccc(C(C)Cc2cn(CC)nn2)c(CC)c1. The molecule has 1 aromatic heterocycles. The molecule has 1 unspecified atom stereocenters. The van der Waals surface area contributed by atoms with Gasteiger partial charge >= 0.3 is 0 Å². The van der Waals surface area contributed by atoms with Crippen LogP contribution in [0.15, 0.2) is 24.4 Å². The van der Waals surface area contributed by atoms with Crippen molar-refractivity contribution in [2.45, 2.75) is 53.0 Å². The van der Waals surface area contributed by atoms with Gasteiger partial charge in [0.1, 0.15) is 5.75 Å². The first kappa shape index (κ1) is 15.5. The van der Waals surface area contributed by atoms with E-state index in [1.54, 1.807) is 0 Å². The van der Waals surface area contributed by atoms with Crippen LogP contribution >= 0.6 is 0 Å². The van der Waals surface area contributed by atoms with Crippen molar-refractivity contribution in [1.82, 2.24) is 15.0 Å². The number of ether oxygens (including phenoxy) is 1. The molecule has 0 aliphatic heterocycles. The highest BCUT2D eigenvalue weighted by Crippen LogP contribution is 2.27. The van der Waals surface area contributed by atoms with Crippen molar-refractivity contribution in [3.63, 3.8) is 0 Å². The van der Waals surface area contributed by atoms with E-state index < -0.39 is 0 Å². The summed E-state index contributed by atoms with van der Waals surface area (Å²) in [5, 5.41) is 8.35. The first-order valence-electron chi connectivity index (χ1n) is 7.82. The molecule has 0 fully saturated rings. The second kappa shape index (κ2) is 7.25. The minimum Gasteiger partial charge on any atom is -0.494 e. The zero-order valence-electron chi connectivity index (χ0n) is 13.5. The zero-order valence-corrected chi connectivity index (χ0v) is 13.5. The van der Waals surface area contributed by atoms with Crippen LogP contribution in [0.3, 0.4) is 0 Å². The summed E-state index contributed by atoms with van der Waals surface area (Å²) in [5.41, 5.74) is 3.80. The Bertz CT molecular complexity index is 577. The summed E-state index contributed by atoms with van der Waals surface area (Å²) < 4.78 is 7.47. The predicted molar refractivity (Wildman–Crippen MR) is 84.8 cm³/mol. The van der Waals surface area contributed by atoms with Gasteiger partial charge in [0.25, 0.3) is 0 Å². The van der Waals surface area contributed by atoms with Crippen molar-refractivity contribution < 1.29 is 4.74 Å². The highest BCUT2D eigenvalue weighted by molar-refractivity contribution is 5.38. The molecule has 4 heteroatoms. The highest BCUT2D eigenvalue weighted by Gasteiger charge is 2.13. The summed E-state index contributed by atoms with van der Waals surface area (Å²) in [7, 11) is 0. The lowest BCUT2D eigenvalue weighted by Gasteiger charge is -2.16. The van der Waals surface area contributed by atoms with E-state index in [1.807, 2.05) is 17.8 Å². The molecule has 2 aromatic rings. The molecule has 21 heavy (non-hydrogen) atoms. The van der Waals surface area contributed by atoms with Crippen LogP contribution < -0.4 is 4.74 Å². The average Bonchev–Trinajstić information content (AvgIpc) is 2.95. The molecule has 0 spiro atoms. The van der Waals surface area contributed by atoms with Crippen LogP contribution in [0, 0.1) is 0 Å². The van der Waals surface area contributed by atoms with Crippen LogP contribution in [0.25, 0.3) is 0 Å². The number of nitrogens with zero attached hydrogens (tertiary/aromatic N) is 3. The van der Waals surface area contributed by atoms with E-state index in [9.17, 15) is 0 Å². The van der Waals surface area contributed by atoms with Gasteiger partial charge in [-0.15, -0.1) is 5.10 Å². The summed E-state index contributed by atoms with van der Waals surface area (Å²) in [5.74, 6) is 1.39. The molecule has 0 N–H and O–H groups in total. The van der Waals surface area contributed by atoms with Crippen molar-refractivity contribution >= 4 is 0 Å². The van der Waals surface area contributed by atoms with Crippen LogP contribution in [0.4, 0.5) is 0 Å². The van der Waals surface area contributed by atoms with Gasteiger partial charge < -0.3 is 4.74 Å². The van der Waals surface area contributed by atoms with Crippen molar-refractivity contribution in [3.8, 4) is 5.75 Å². The molecule has 1 atom stereocenters. The molecule has 0 radical (unpaired) electrons. The van der Waals surface area contributed by atoms with Gasteiger partial charge in [-0.25, -0.2) is 0 Å². The van der Waals surface area contributed by atoms with Crippen LogP contribution in [-0.2, 0) is 19.4 Å². The third kappa shape index (κ3) is 3.84. The van der Waals surface area contributed by atoms with Crippen molar-refractivity contribution in [3.05, 3.63) is 41.2 Å². The molecule has 0 saturated carbocycles. The Hall–Kier alpha value is -1.84. The average molecular weight is 287 g/mol. The second-order valence-electron chi connectivity index (χ2n) is 5.32. The lowest BCUT2D eigenvalue weighted by Crippen LogP contribution is -2.04. The molecular formula is C17H25N3O. The third-order valence-corrected chi connectivity index (χ3v) is 3.76. The quantitative estimate of drug-likeness (QED) is 0.781. The number of aryl methyl sites for hydroxylation is 2. The summed E-state index contributed by atoms with van der Waals surface area (Å²) in [4.78, 5) is 0. The van der Waals surface area contributed by atoms with Crippen molar-refractivity contribution in [1.29, 1.82) is 0 Å². The Morgan fingerprint density at radius 2 is 2.05 bits per heavy atom. The largest absolute Gasteiger partial charge is 0.494 e. The van der Waals surface area contributed by atoms with E-state index in [0.29, 0.717) is 12.5 Å². The van der Waals surface area contributed by atoms with Gasteiger partial charge in [0.15, 0.2) is 0 Å². The fourth-order valence-corrected chi connectivity index (χ4v) is 2.64. The minimum atomic E-state index is 0.428. The van der Waals surface area contributed by atoms with E-state index in [1.165, 1.54) is 11.1 Å². The van der Waals surface area contributed by atoms with Gasteiger partial charge in [-0.1, -0.05) is 25.1 Å². The Kier molecular flexibility index (Phi) is 5.37. The molecule has 0 aliphatic rings. The number of hydrogen-bond acceptors (Lipinski definition) is 3. The molecular weight excluding hydrogens is 262 g/mol. The topological polar surface area (TPSA) is 39.9 Å². The maximum absolute atomic E-state index is 5.59. The molecule has 0 aliphatic carbocycles. The molecule has 1 heterocycles. The number of aromatic nitrogens is 3. The Morgan fingerprint density at radius 3 is 2.67 bits per heavy atom. The van der Waals surface area contributed by atoms with E-state index in [-0.39, 0.29) is 0 Å². The summed E-state index contributed by atoms with van der Waals surface area (Å²) in [6.45, 7) is 10.1. The molecule has 2 rings (SSSR count). The first-order chi connectivity index (χ1) is 10.2. The molecule has 1 aromatic carbocycles. The third-order valence-electron chi connectivity index (χ3n) is 3.76. The first-order valence-corrected chi connectivity index (χ1v) is 7.82. The summed E-state index contributed by atoms with van der Waals surface area (Å²) in [6, 6.07) is 6.42. The predicted octanol–water partition coefficient (Wildman–Crippen LogP) is 3.61. The molecule has 114 valence electrons. The van der Waals surface area contributed by atoms with Crippen LogP contribution in [0.2, 0.25) is 0 Å². The lowest BCUT2D eigenvalue weighted by molar-refractivity contribution is 0.339.